The maximum atomic E-state index is 11.9. The van der Waals surface area contributed by atoms with Crippen LogP contribution in [-0.2, 0) is 9.59 Å². The molecule has 4 nitrogen and oxygen atoms in total. The molecule has 4 heteroatoms. The molecule has 3 fully saturated rings. The van der Waals surface area contributed by atoms with Gasteiger partial charge in [0, 0.05) is 12.5 Å². The summed E-state index contributed by atoms with van der Waals surface area (Å²) in [7, 11) is 0. The minimum absolute atomic E-state index is 0.00749. The number of carbonyl (C=O) groups is 2. The molecule has 16 heavy (non-hydrogen) atoms. The Morgan fingerprint density at radius 2 is 2.12 bits per heavy atom. The molecule has 0 aromatic carbocycles. The highest BCUT2D eigenvalue weighted by molar-refractivity contribution is 5.90. The summed E-state index contributed by atoms with van der Waals surface area (Å²) < 4.78 is 0. The van der Waals surface area contributed by atoms with Crippen LogP contribution in [0.5, 0.6) is 0 Å². The van der Waals surface area contributed by atoms with Gasteiger partial charge in [-0.2, -0.15) is 0 Å². The van der Waals surface area contributed by atoms with Crippen molar-refractivity contribution in [2.45, 2.75) is 50.6 Å². The van der Waals surface area contributed by atoms with Gasteiger partial charge in [0.15, 0.2) is 0 Å². The lowest BCUT2D eigenvalue weighted by atomic mass is 9.95. The molecule has 1 heterocycles. The molecule has 88 valence electrons. The van der Waals surface area contributed by atoms with Crippen molar-refractivity contribution < 1.29 is 9.59 Å². The number of hydrogen-bond acceptors (Lipinski definition) is 2. The van der Waals surface area contributed by atoms with Gasteiger partial charge in [-0.05, 0) is 37.5 Å². The number of nitrogens with one attached hydrogen (secondary N) is 2. The molecule has 2 bridgehead atoms. The fraction of sp³-hybridized carbons (Fsp3) is 0.833. The number of carbonyl (C=O) groups excluding carboxylic acids is 2. The van der Waals surface area contributed by atoms with Crippen LogP contribution in [0.2, 0.25) is 0 Å². The minimum atomic E-state index is -0.272. The lowest BCUT2D eigenvalue weighted by molar-refractivity contribution is -0.126. The monoisotopic (exact) mass is 222 g/mol. The third-order valence-corrected chi connectivity index (χ3v) is 4.38. The van der Waals surface area contributed by atoms with Gasteiger partial charge in [-0.15, -0.1) is 0 Å². The first-order valence-corrected chi connectivity index (χ1v) is 6.32. The Kier molecular flexibility index (Phi) is 2.37. The van der Waals surface area contributed by atoms with Crippen LogP contribution < -0.4 is 10.6 Å². The molecule has 3 rings (SSSR count). The summed E-state index contributed by atoms with van der Waals surface area (Å²) >= 11 is 0. The molecule has 0 spiro atoms. The van der Waals surface area contributed by atoms with Crippen molar-refractivity contribution in [1.82, 2.24) is 10.6 Å². The molecule has 2 N–H and O–H groups in total. The van der Waals surface area contributed by atoms with Gasteiger partial charge in [0.2, 0.25) is 11.8 Å². The van der Waals surface area contributed by atoms with E-state index >= 15 is 0 Å². The van der Waals surface area contributed by atoms with Crippen LogP contribution in [0.3, 0.4) is 0 Å². The predicted molar refractivity (Wildman–Crippen MR) is 58.5 cm³/mol. The van der Waals surface area contributed by atoms with E-state index in [2.05, 4.69) is 10.6 Å². The van der Waals surface area contributed by atoms with Gasteiger partial charge in [-0.1, -0.05) is 6.42 Å². The van der Waals surface area contributed by atoms with Crippen LogP contribution in [0.15, 0.2) is 0 Å². The van der Waals surface area contributed by atoms with Crippen LogP contribution >= 0.6 is 0 Å². The normalized spacial score (nSPS) is 41.1. The van der Waals surface area contributed by atoms with Crippen molar-refractivity contribution in [3.05, 3.63) is 0 Å². The van der Waals surface area contributed by atoms with Crippen molar-refractivity contribution >= 4 is 11.8 Å². The molecule has 3 unspecified atom stereocenters. The fourth-order valence-corrected chi connectivity index (χ4v) is 3.52. The van der Waals surface area contributed by atoms with Crippen LogP contribution in [0, 0.1) is 11.8 Å². The molecule has 4 atom stereocenters. The highest BCUT2D eigenvalue weighted by Crippen LogP contribution is 2.44. The molecule has 2 amide bonds. The summed E-state index contributed by atoms with van der Waals surface area (Å²) in [6.45, 7) is 0. The van der Waals surface area contributed by atoms with E-state index in [0.29, 0.717) is 24.8 Å². The lowest BCUT2D eigenvalue weighted by Gasteiger charge is -2.24. The summed E-state index contributed by atoms with van der Waals surface area (Å²) in [6, 6.07) is 0.107. The zero-order valence-corrected chi connectivity index (χ0v) is 9.37. The summed E-state index contributed by atoms with van der Waals surface area (Å²) in [5.41, 5.74) is 0. The Morgan fingerprint density at radius 1 is 1.25 bits per heavy atom. The summed E-state index contributed by atoms with van der Waals surface area (Å²) in [4.78, 5) is 22.9. The minimum Gasteiger partial charge on any atom is -0.351 e. The van der Waals surface area contributed by atoms with Gasteiger partial charge in [0.05, 0.1) is 0 Å². The largest absolute Gasteiger partial charge is 0.351 e. The van der Waals surface area contributed by atoms with E-state index in [1.165, 1.54) is 19.3 Å². The van der Waals surface area contributed by atoms with E-state index in [-0.39, 0.29) is 17.9 Å². The fourth-order valence-electron chi connectivity index (χ4n) is 3.52. The molecule has 0 aromatic rings. The van der Waals surface area contributed by atoms with Gasteiger partial charge < -0.3 is 10.6 Å². The Bertz CT molecular complexity index is 329. The average Bonchev–Trinajstić information content (AvgIpc) is 2.92. The standard InChI is InChI=1S/C12H18N2O2/c15-11-4-3-9(13-11)12(16)14-10-6-7-1-2-8(10)5-7/h7-10H,1-6H2,(H,13,15)(H,14,16)/t7?,8?,9-,10?/m0/s1. The third kappa shape index (κ3) is 1.70. The van der Waals surface area contributed by atoms with Gasteiger partial charge in [-0.25, -0.2) is 0 Å². The molecule has 0 radical (unpaired) electrons. The van der Waals surface area contributed by atoms with Crippen LogP contribution in [0.1, 0.15) is 38.5 Å². The number of amides is 2. The van der Waals surface area contributed by atoms with Gasteiger partial charge in [0.25, 0.3) is 0 Å². The van der Waals surface area contributed by atoms with Crippen molar-refractivity contribution in [3.8, 4) is 0 Å². The highest BCUT2D eigenvalue weighted by atomic mass is 16.2. The van der Waals surface area contributed by atoms with E-state index < -0.39 is 0 Å². The first-order valence-electron chi connectivity index (χ1n) is 6.32. The molecular formula is C12H18N2O2. The summed E-state index contributed by atoms with van der Waals surface area (Å²) in [5, 5.41) is 5.84. The molecular weight excluding hydrogens is 204 g/mol. The SMILES string of the molecule is O=C1CC[C@@H](C(=O)NC2CC3CCC2C3)N1. The van der Waals surface area contributed by atoms with Gasteiger partial charge >= 0.3 is 0 Å². The van der Waals surface area contributed by atoms with Crippen molar-refractivity contribution in [3.63, 3.8) is 0 Å². The Morgan fingerprint density at radius 3 is 2.69 bits per heavy atom. The Hall–Kier alpha value is -1.06. The quantitative estimate of drug-likeness (QED) is 0.717. The maximum absolute atomic E-state index is 11.9. The van der Waals surface area contributed by atoms with Gasteiger partial charge in [0.1, 0.15) is 6.04 Å². The van der Waals surface area contributed by atoms with E-state index in [9.17, 15) is 9.59 Å². The van der Waals surface area contributed by atoms with Crippen molar-refractivity contribution in [2.24, 2.45) is 11.8 Å². The highest BCUT2D eigenvalue weighted by Gasteiger charge is 2.41. The van der Waals surface area contributed by atoms with E-state index in [4.69, 9.17) is 0 Å². The Labute approximate surface area is 95.2 Å². The Balaban J connectivity index is 1.55. The van der Waals surface area contributed by atoms with Gasteiger partial charge in [-0.3, -0.25) is 9.59 Å². The third-order valence-electron chi connectivity index (χ3n) is 4.38. The molecule has 2 saturated carbocycles. The zero-order chi connectivity index (χ0) is 11.1. The first kappa shape index (κ1) is 10.1. The maximum Gasteiger partial charge on any atom is 0.242 e. The number of rotatable bonds is 2. The second kappa shape index (κ2) is 3.75. The second-order valence-electron chi connectivity index (χ2n) is 5.45. The second-order valence-corrected chi connectivity index (χ2v) is 5.45. The molecule has 3 aliphatic rings. The zero-order valence-electron chi connectivity index (χ0n) is 9.37. The van der Waals surface area contributed by atoms with E-state index in [0.717, 1.165) is 12.3 Å². The molecule has 0 aromatic heterocycles. The summed E-state index contributed by atoms with van der Waals surface area (Å²) in [5.74, 6) is 1.58. The van der Waals surface area contributed by atoms with E-state index in [1.807, 2.05) is 0 Å². The molecule has 1 saturated heterocycles. The van der Waals surface area contributed by atoms with E-state index in [1.54, 1.807) is 0 Å². The predicted octanol–water partition coefficient (Wildman–Crippen LogP) is 0.570. The smallest absolute Gasteiger partial charge is 0.242 e. The first-order chi connectivity index (χ1) is 7.72. The lowest BCUT2D eigenvalue weighted by Crippen LogP contribution is -2.47. The molecule has 1 aliphatic heterocycles. The van der Waals surface area contributed by atoms with Crippen molar-refractivity contribution in [1.29, 1.82) is 0 Å². The topological polar surface area (TPSA) is 58.2 Å². The van der Waals surface area contributed by atoms with Crippen molar-refractivity contribution in [2.75, 3.05) is 0 Å². The molecule has 2 aliphatic carbocycles. The van der Waals surface area contributed by atoms with Crippen LogP contribution in [0.25, 0.3) is 0 Å². The van der Waals surface area contributed by atoms with Crippen LogP contribution in [-0.4, -0.2) is 23.9 Å². The summed E-state index contributed by atoms with van der Waals surface area (Å²) in [6.07, 6.45) is 6.21. The van der Waals surface area contributed by atoms with Crippen LogP contribution in [0.4, 0.5) is 0 Å². The number of fused-ring (bicyclic) bond motifs is 2. The number of hydrogen-bond donors (Lipinski definition) is 2. The average molecular weight is 222 g/mol.